The smallest absolute Gasteiger partial charge is 0.112 e. The van der Waals surface area contributed by atoms with Crippen molar-refractivity contribution in [3.05, 3.63) is 29.0 Å². The highest BCUT2D eigenvalue weighted by Crippen LogP contribution is 2.22. The second-order valence-electron chi connectivity index (χ2n) is 4.61. The lowest BCUT2D eigenvalue weighted by atomic mass is 10.0. The normalized spacial score (nSPS) is 12.6. The average molecular weight is 323 g/mol. The molecule has 0 aromatic carbocycles. The quantitative estimate of drug-likeness (QED) is 0.857. The first-order chi connectivity index (χ1) is 9.24. The third kappa shape index (κ3) is 3.64. The molecule has 2 aromatic heterocycles. The number of halogens is 1. The van der Waals surface area contributed by atoms with Gasteiger partial charge in [-0.2, -0.15) is 0 Å². The summed E-state index contributed by atoms with van der Waals surface area (Å²) < 4.78 is 0.944. The average Bonchev–Trinajstić information content (AvgIpc) is 2.43. The van der Waals surface area contributed by atoms with Crippen LogP contribution in [0.25, 0.3) is 11.0 Å². The Balaban J connectivity index is 2.16. The summed E-state index contributed by atoms with van der Waals surface area (Å²) in [5, 5.41) is 3.47. The van der Waals surface area contributed by atoms with Crippen molar-refractivity contribution in [2.24, 2.45) is 11.7 Å². The fraction of sp³-hybridized carbons (Fsp3) is 0.429. The van der Waals surface area contributed by atoms with E-state index in [9.17, 15) is 0 Å². The van der Waals surface area contributed by atoms with Crippen molar-refractivity contribution < 1.29 is 0 Å². The maximum absolute atomic E-state index is 5.63. The van der Waals surface area contributed by atoms with Crippen molar-refractivity contribution in [2.75, 3.05) is 18.4 Å². The molecule has 0 saturated carbocycles. The standard InChI is InChI=1S/C14H19BrN4/c1-2-10(3-5-16)8-18-12-4-6-17-13-7-11(15)9-19-14(12)13/h4,6-7,9-10H,2-3,5,8,16H2,1H3,(H,17,18). The number of anilines is 1. The van der Waals surface area contributed by atoms with Crippen LogP contribution in [0.3, 0.4) is 0 Å². The Bertz CT molecular complexity index is 544. The van der Waals surface area contributed by atoms with Crippen molar-refractivity contribution >= 4 is 32.7 Å². The predicted molar refractivity (Wildman–Crippen MR) is 83.2 cm³/mol. The molecule has 0 radical (unpaired) electrons. The molecule has 0 spiro atoms. The molecule has 0 aliphatic carbocycles. The molecule has 0 fully saturated rings. The van der Waals surface area contributed by atoms with E-state index in [4.69, 9.17) is 5.73 Å². The maximum atomic E-state index is 5.63. The van der Waals surface area contributed by atoms with Crippen LogP contribution in [0.15, 0.2) is 29.0 Å². The third-order valence-electron chi connectivity index (χ3n) is 3.28. The summed E-state index contributed by atoms with van der Waals surface area (Å²) in [6.45, 7) is 3.86. The predicted octanol–water partition coefficient (Wildman–Crippen LogP) is 3.18. The molecular formula is C14H19BrN4. The van der Waals surface area contributed by atoms with E-state index in [1.54, 1.807) is 6.20 Å². The van der Waals surface area contributed by atoms with E-state index < -0.39 is 0 Å². The van der Waals surface area contributed by atoms with E-state index in [2.05, 4.69) is 38.1 Å². The zero-order valence-corrected chi connectivity index (χ0v) is 12.7. The minimum atomic E-state index is 0.601. The molecule has 0 bridgehead atoms. The molecule has 1 atom stereocenters. The molecule has 102 valence electrons. The first-order valence-corrected chi connectivity index (χ1v) is 7.38. The molecule has 0 aliphatic rings. The summed E-state index contributed by atoms with van der Waals surface area (Å²) in [4.78, 5) is 8.77. The number of fused-ring (bicyclic) bond motifs is 1. The van der Waals surface area contributed by atoms with Gasteiger partial charge in [-0.25, -0.2) is 0 Å². The highest BCUT2D eigenvalue weighted by molar-refractivity contribution is 9.10. The van der Waals surface area contributed by atoms with Gasteiger partial charge in [0.05, 0.1) is 11.2 Å². The number of nitrogens with one attached hydrogen (secondary N) is 1. The van der Waals surface area contributed by atoms with Gasteiger partial charge in [0.15, 0.2) is 0 Å². The van der Waals surface area contributed by atoms with Crippen LogP contribution in [0.5, 0.6) is 0 Å². The van der Waals surface area contributed by atoms with E-state index >= 15 is 0 Å². The molecule has 2 aromatic rings. The Morgan fingerprint density at radius 2 is 2.26 bits per heavy atom. The zero-order chi connectivity index (χ0) is 13.7. The molecule has 2 heterocycles. The van der Waals surface area contributed by atoms with Crippen LogP contribution in [0.4, 0.5) is 5.69 Å². The van der Waals surface area contributed by atoms with Crippen LogP contribution in [0.2, 0.25) is 0 Å². The Labute approximate surface area is 121 Å². The van der Waals surface area contributed by atoms with Crippen molar-refractivity contribution in [2.45, 2.75) is 19.8 Å². The van der Waals surface area contributed by atoms with Gasteiger partial charge < -0.3 is 11.1 Å². The minimum absolute atomic E-state index is 0.601. The van der Waals surface area contributed by atoms with Crippen molar-refractivity contribution in [3.8, 4) is 0 Å². The number of rotatable bonds is 6. The number of hydrogen-bond acceptors (Lipinski definition) is 4. The van der Waals surface area contributed by atoms with Gasteiger partial charge >= 0.3 is 0 Å². The van der Waals surface area contributed by atoms with Gasteiger partial charge in [-0.3, -0.25) is 9.97 Å². The Kier molecular flexibility index (Phi) is 5.10. The zero-order valence-electron chi connectivity index (χ0n) is 11.1. The SMILES string of the molecule is CCC(CCN)CNc1ccnc2cc(Br)cnc12. The monoisotopic (exact) mass is 322 g/mol. The van der Waals surface area contributed by atoms with E-state index in [0.717, 1.165) is 47.1 Å². The lowest BCUT2D eigenvalue weighted by Crippen LogP contribution is -2.17. The van der Waals surface area contributed by atoms with E-state index in [1.807, 2.05) is 18.3 Å². The Morgan fingerprint density at radius 3 is 3.00 bits per heavy atom. The highest BCUT2D eigenvalue weighted by Gasteiger charge is 2.08. The van der Waals surface area contributed by atoms with Gasteiger partial charge in [-0.1, -0.05) is 13.3 Å². The summed E-state index contributed by atoms with van der Waals surface area (Å²) in [6, 6.07) is 3.95. The third-order valence-corrected chi connectivity index (χ3v) is 3.71. The molecule has 3 N–H and O–H groups in total. The second kappa shape index (κ2) is 6.82. The van der Waals surface area contributed by atoms with Crippen molar-refractivity contribution in [3.63, 3.8) is 0 Å². The fourth-order valence-electron chi connectivity index (χ4n) is 2.09. The lowest BCUT2D eigenvalue weighted by Gasteiger charge is -2.16. The molecule has 2 rings (SSSR count). The van der Waals surface area contributed by atoms with Crippen LogP contribution in [-0.4, -0.2) is 23.1 Å². The first kappa shape index (κ1) is 14.2. The first-order valence-electron chi connectivity index (χ1n) is 6.58. The van der Waals surface area contributed by atoms with Gasteiger partial charge in [0.2, 0.25) is 0 Å². The molecule has 0 amide bonds. The van der Waals surface area contributed by atoms with Crippen LogP contribution >= 0.6 is 15.9 Å². The highest BCUT2D eigenvalue weighted by atomic mass is 79.9. The topological polar surface area (TPSA) is 63.8 Å². The number of hydrogen-bond donors (Lipinski definition) is 2. The van der Waals surface area contributed by atoms with Gasteiger partial charge in [0.25, 0.3) is 0 Å². The van der Waals surface area contributed by atoms with Crippen LogP contribution in [0.1, 0.15) is 19.8 Å². The molecule has 5 heteroatoms. The summed E-state index contributed by atoms with van der Waals surface area (Å²) in [5.41, 5.74) is 8.47. The van der Waals surface area contributed by atoms with Gasteiger partial charge in [-0.15, -0.1) is 0 Å². The number of pyridine rings is 2. The van der Waals surface area contributed by atoms with Crippen LogP contribution < -0.4 is 11.1 Å². The van der Waals surface area contributed by atoms with E-state index in [-0.39, 0.29) is 0 Å². The van der Waals surface area contributed by atoms with E-state index in [1.165, 1.54) is 0 Å². The Morgan fingerprint density at radius 1 is 1.42 bits per heavy atom. The maximum Gasteiger partial charge on any atom is 0.112 e. The molecule has 1 unspecified atom stereocenters. The number of aromatic nitrogens is 2. The molecule has 19 heavy (non-hydrogen) atoms. The minimum Gasteiger partial charge on any atom is -0.383 e. The van der Waals surface area contributed by atoms with Crippen molar-refractivity contribution in [1.82, 2.24) is 9.97 Å². The summed E-state index contributed by atoms with van der Waals surface area (Å²) in [5.74, 6) is 0.601. The molecule has 0 saturated heterocycles. The summed E-state index contributed by atoms with van der Waals surface area (Å²) in [6.07, 6.45) is 5.78. The second-order valence-corrected chi connectivity index (χ2v) is 5.53. The van der Waals surface area contributed by atoms with Gasteiger partial charge in [0, 0.05) is 23.4 Å². The molecular weight excluding hydrogens is 304 g/mol. The van der Waals surface area contributed by atoms with Gasteiger partial charge in [-0.05, 0) is 46.9 Å². The lowest BCUT2D eigenvalue weighted by molar-refractivity contribution is 0.501. The summed E-state index contributed by atoms with van der Waals surface area (Å²) in [7, 11) is 0. The Hall–Kier alpha value is -1.20. The number of nitrogens with two attached hydrogens (primary N) is 1. The van der Waals surface area contributed by atoms with Crippen LogP contribution in [0, 0.1) is 5.92 Å². The molecule has 0 aliphatic heterocycles. The fourth-order valence-corrected chi connectivity index (χ4v) is 2.41. The largest absolute Gasteiger partial charge is 0.383 e. The summed E-state index contributed by atoms with van der Waals surface area (Å²) >= 11 is 3.41. The molecule has 4 nitrogen and oxygen atoms in total. The number of nitrogens with zero attached hydrogens (tertiary/aromatic N) is 2. The van der Waals surface area contributed by atoms with Crippen molar-refractivity contribution in [1.29, 1.82) is 0 Å². The van der Waals surface area contributed by atoms with Crippen LogP contribution in [-0.2, 0) is 0 Å². The van der Waals surface area contributed by atoms with Gasteiger partial charge in [0.1, 0.15) is 5.52 Å². The van der Waals surface area contributed by atoms with E-state index in [0.29, 0.717) is 5.92 Å².